The van der Waals surface area contributed by atoms with Crippen LogP contribution in [0.2, 0.25) is 0 Å². The van der Waals surface area contributed by atoms with Gasteiger partial charge in [0, 0.05) is 28.5 Å². The number of esters is 1. The number of aromatic nitrogens is 2. The van der Waals surface area contributed by atoms with E-state index in [0.717, 1.165) is 28.3 Å². The summed E-state index contributed by atoms with van der Waals surface area (Å²) >= 11 is 1.45. The van der Waals surface area contributed by atoms with Crippen LogP contribution in [0.5, 0.6) is 11.5 Å². The molecule has 0 aliphatic rings. The van der Waals surface area contributed by atoms with Crippen molar-refractivity contribution in [2.75, 3.05) is 26.1 Å². The van der Waals surface area contributed by atoms with Crippen LogP contribution in [0.3, 0.4) is 0 Å². The first-order chi connectivity index (χ1) is 16.5. The van der Waals surface area contributed by atoms with E-state index in [0.29, 0.717) is 29.4 Å². The summed E-state index contributed by atoms with van der Waals surface area (Å²) in [4.78, 5) is 30.3. The highest BCUT2D eigenvalue weighted by Gasteiger charge is 2.16. The second-order valence-corrected chi connectivity index (χ2v) is 8.35. The van der Waals surface area contributed by atoms with Crippen LogP contribution in [0.1, 0.15) is 29.4 Å². The number of anilines is 1. The van der Waals surface area contributed by atoms with Crippen molar-refractivity contribution < 1.29 is 23.8 Å². The van der Waals surface area contributed by atoms with Gasteiger partial charge in [0.05, 0.1) is 38.5 Å². The van der Waals surface area contributed by atoms with E-state index in [1.165, 1.54) is 11.3 Å². The lowest BCUT2D eigenvalue weighted by atomic mass is 10.1. The van der Waals surface area contributed by atoms with Crippen molar-refractivity contribution in [3.63, 3.8) is 0 Å². The van der Waals surface area contributed by atoms with E-state index in [-0.39, 0.29) is 12.3 Å². The van der Waals surface area contributed by atoms with Gasteiger partial charge in [-0.05, 0) is 42.8 Å². The summed E-state index contributed by atoms with van der Waals surface area (Å²) in [5.41, 5.74) is 3.27. The molecule has 0 spiro atoms. The fourth-order valence-electron chi connectivity index (χ4n) is 3.47. The van der Waals surface area contributed by atoms with E-state index in [4.69, 9.17) is 19.2 Å². The molecule has 9 heteroatoms. The number of amides is 1. The van der Waals surface area contributed by atoms with E-state index in [9.17, 15) is 9.59 Å². The first kappa shape index (κ1) is 23.3. The maximum absolute atomic E-state index is 12.7. The van der Waals surface area contributed by atoms with Crippen molar-refractivity contribution in [3.05, 3.63) is 65.3 Å². The molecule has 0 atom stereocenters. The molecule has 0 fully saturated rings. The molecule has 34 heavy (non-hydrogen) atoms. The van der Waals surface area contributed by atoms with Gasteiger partial charge in [-0.25, -0.2) is 9.78 Å². The number of rotatable bonds is 9. The molecule has 0 unspecified atom stereocenters. The molecule has 0 aliphatic carbocycles. The number of benzene rings is 2. The van der Waals surface area contributed by atoms with Gasteiger partial charge < -0.3 is 19.5 Å². The van der Waals surface area contributed by atoms with Gasteiger partial charge in [0.2, 0.25) is 5.91 Å². The molecule has 0 aliphatic heterocycles. The fraction of sp³-hybridized carbons (Fsp3) is 0.240. The third-order valence-corrected chi connectivity index (χ3v) is 6.02. The predicted molar refractivity (Wildman–Crippen MR) is 131 cm³/mol. The van der Waals surface area contributed by atoms with Gasteiger partial charge in [0.1, 0.15) is 11.5 Å². The molecular weight excluding hydrogens is 454 g/mol. The van der Waals surface area contributed by atoms with Crippen molar-refractivity contribution in [2.24, 2.45) is 0 Å². The summed E-state index contributed by atoms with van der Waals surface area (Å²) in [7, 11) is 3.22. The number of methoxy groups -OCH3 is 2. The number of nitrogens with one attached hydrogen (secondary N) is 1. The van der Waals surface area contributed by atoms with Crippen molar-refractivity contribution in [2.45, 2.75) is 19.8 Å². The van der Waals surface area contributed by atoms with E-state index in [1.54, 1.807) is 38.5 Å². The van der Waals surface area contributed by atoms with Gasteiger partial charge >= 0.3 is 5.97 Å². The largest absolute Gasteiger partial charge is 0.497 e. The quantitative estimate of drug-likeness (QED) is 0.346. The Bertz CT molecular complexity index is 1330. The summed E-state index contributed by atoms with van der Waals surface area (Å²) in [6.45, 7) is 2.29. The molecule has 0 bridgehead atoms. The molecule has 0 saturated carbocycles. The van der Waals surface area contributed by atoms with Crippen LogP contribution in [0.15, 0.2) is 54.0 Å². The van der Waals surface area contributed by atoms with Crippen molar-refractivity contribution in [1.29, 1.82) is 0 Å². The lowest BCUT2D eigenvalue weighted by molar-refractivity contribution is -0.115. The molecule has 4 rings (SSSR count). The Morgan fingerprint density at radius 1 is 1.12 bits per heavy atom. The number of thiazole rings is 1. The van der Waals surface area contributed by atoms with Crippen molar-refractivity contribution in [3.8, 4) is 22.8 Å². The summed E-state index contributed by atoms with van der Waals surface area (Å²) in [6, 6.07) is 12.3. The summed E-state index contributed by atoms with van der Waals surface area (Å²) in [6.07, 6.45) is 2.78. The minimum absolute atomic E-state index is 0.148. The fourth-order valence-corrected chi connectivity index (χ4v) is 4.35. The van der Waals surface area contributed by atoms with Crippen molar-refractivity contribution in [1.82, 2.24) is 9.38 Å². The number of fused-ring (bicyclic) bond motifs is 1. The first-order valence-corrected chi connectivity index (χ1v) is 11.6. The first-order valence-electron chi connectivity index (χ1n) is 10.8. The second kappa shape index (κ2) is 10.4. The summed E-state index contributed by atoms with van der Waals surface area (Å²) in [5.74, 6) is 0.778. The lowest BCUT2D eigenvalue weighted by Gasteiger charge is -2.08. The Hall–Kier alpha value is -3.85. The molecule has 0 saturated heterocycles. The molecular formula is C25H25N3O5S. The molecule has 2 aromatic carbocycles. The molecule has 176 valence electrons. The summed E-state index contributed by atoms with van der Waals surface area (Å²) in [5, 5.41) is 4.77. The Morgan fingerprint density at radius 3 is 2.74 bits per heavy atom. The zero-order valence-corrected chi connectivity index (χ0v) is 20.0. The van der Waals surface area contributed by atoms with Crippen LogP contribution >= 0.6 is 11.3 Å². The maximum Gasteiger partial charge on any atom is 0.338 e. The minimum Gasteiger partial charge on any atom is -0.497 e. The van der Waals surface area contributed by atoms with Crippen LogP contribution in [0.25, 0.3) is 16.2 Å². The SMILES string of the molecule is CCCOC(=O)c1cccc(NC(=O)Cc2csc3nc(-c4cc(OC)ccc4OC)cn23)c1. The van der Waals surface area contributed by atoms with Crippen LogP contribution in [0.4, 0.5) is 5.69 Å². The zero-order chi connectivity index (χ0) is 24.1. The number of nitrogens with zero attached hydrogens (tertiary/aromatic N) is 2. The highest BCUT2D eigenvalue weighted by molar-refractivity contribution is 7.15. The standard InChI is InChI=1S/C25H25N3O5S/c1-4-10-33-24(30)16-6-5-7-17(11-16)26-23(29)12-18-15-34-25-27-21(14-28(18)25)20-13-19(31-2)8-9-22(20)32-3/h5-9,11,13-15H,4,10,12H2,1-3H3,(H,26,29). The molecule has 1 N–H and O–H groups in total. The van der Waals surface area contributed by atoms with E-state index < -0.39 is 5.97 Å². The Balaban J connectivity index is 1.51. The number of ether oxygens (including phenoxy) is 3. The molecule has 1 amide bonds. The van der Waals surface area contributed by atoms with Crippen LogP contribution < -0.4 is 14.8 Å². The van der Waals surface area contributed by atoms with E-state index in [1.807, 2.05) is 41.1 Å². The maximum atomic E-state index is 12.7. The molecule has 4 aromatic rings. The molecule has 0 radical (unpaired) electrons. The van der Waals surface area contributed by atoms with Gasteiger partial charge in [0.25, 0.3) is 0 Å². The number of carbonyl (C=O) groups is 2. The topological polar surface area (TPSA) is 91.2 Å². The Morgan fingerprint density at radius 2 is 1.97 bits per heavy atom. The molecule has 2 heterocycles. The molecule has 2 aromatic heterocycles. The highest BCUT2D eigenvalue weighted by atomic mass is 32.1. The number of imidazole rings is 1. The average Bonchev–Trinajstić information content (AvgIpc) is 3.44. The lowest BCUT2D eigenvalue weighted by Crippen LogP contribution is -2.16. The van der Waals surface area contributed by atoms with Crippen LogP contribution in [-0.2, 0) is 16.0 Å². The second-order valence-electron chi connectivity index (χ2n) is 7.51. The average molecular weight is 480 g/mol. The predicted octanol–water partition coefficient (Wildman–Crippen LogP) is 4.83. The van der Waals surface area contributed by atoms with Gasteiger partial charge in [-0.1, -0.05) is 13.0 Å². The third kappa shape index (κ3) is 5.04. The van der Waals surface area contributed by atoms with E-state index >= 15 is 0 Å². The molecule has 8 nitrogen and oxygen atoms in total. The minimum atomic E-state index is -0.406. The van der Waals surface area contributed by atoms with Crippen LogP contribution in [-0.4, -0.2) is 42.1 Å². The normalized spacial score (nSPS) is 10.8. The number of hydrogen-bond donors (Lipinski definition) is 1. The van der Waals surface area contributed by atoms with Gasteiger partial charge in [-0.3, -0.25) is 9.20 Å². The Labute approximate surface area is 201 Å². The van der Waals surface area contributed by atoms with Gasteiger partial charge in [0.15, 0.2) is 4.96 Å². The third-order valence-electron chi connectivity index (χ3n) is 5.13. The van der Waals surface area contributed by atoms with Gasteiger partial charge in [-0.15, -0.1) is 11.3 Å². The smallest absolute Gasteiger partial charge is 0.338 e. The van der Waals surface area contributed by atoms with Crippen LogP contribution in [0, 0.1) is 0 Å². The monoisotopic (exact) mass is 479 g/mol. The summed E-state index contributed by atoms with van der Waals surface area (Å²) < 4.78 is 17.9. The number of hydrogen-bond acceptors (Lipinski definition) is 7. The number of carbonyl (C=O) groups excluding carboxylic acids is 2. The highest BCUT2D eigenvalue weighted by Crippen LogP contribution is 2.34. The van der Waals surface area contributed by atoms with Crippen molar-refractivity contribution >= 4 is 33.9 Å². The Kier molecular flexibility index (Phi) is 7.12. The van der Waals surface area contributed by atoms with E-state index in [2.05, 4.69) is 5.32 Å². The van der Waals surface area contributed by atoms with Gasteiger partial charge in [-0.2, -0.15) is 0 Å². The zero-order valence-electron chi connectivity index (χ0n) is 19.2.